The minimum Gasteiger partial charge on any atom is -0.369 e. The number of guanidine groups is 1. The normalized spacial score (nSPS) is 19.4. The molecule has 0 saturated heterocycles. The zero-order valence-corrected chi connectivity index (χ0v) is 17.6. The monoisotopic (exact) mass is 391 g/mol. The lowest BCUT2D eigenvalue weighted by Gasteiger charge is -2.33. The number of carbonyl (C=O) groups excluding carboxylic acids is 2. The van der Waals surface area contributed by atoms with Crippen molar-refractivity contribution in [1.82, 2.24) is 4.90 Å². The van der Waals surface area contributed by atoms with Gasteiger partial charge in [0.1, 0.15) is 0 Å². The lowest BCUT2D eigenvalue weighted by atomic mass is 9.86. The first-order chi connectivity index (χ1) is 13.7. The molecule has 0 unspecified atom stereocenters. The van der Waals surface area contributed by atoms with Gasteiger partial charge in [-0.1, -0.05) is 50.2 Å². The van der Waals surface area contributed by atoms with E-state index in [0.29, 0.717) is 12.3 Å². The van der Waals surface area contributed by atoms with Crippen LogP contribution in [0.5, 0.6) is 0 Å². The molecule has 1 heterocycles. The van der Waals surface area contributed by atoms with E-state index in [4.69, 9.17) is 5.73 Å². The van der Waals surface area contributed by atoms with Crippen molar-refractivity contribution >= 4 is 17.6 Å². The third-order valence-electron chi connectivity index (χ3n) is 5.53. The van der Waals surface area contributed by atoms with E-state index < -0.39 is 5.54 Å². The van der Waals surface area contributed by atoms with Crippen LogP contribution in [-0.2, 0) is 10.3 Å². The van der Waals surface area contributed by atoms with Gasteiger partial charge < -0.3 is 5.73 Å². The number of nitrogens with two attached hydrogens (primary N) is 1. The fraction of sp³-hybridized carbons (Fsp3) is 0.375. The number of hydrogen-bond acceptors (Lipinski definition) is 4. The quantitative estimate of drug-likeness (QED) is 0.743. The van der Waals surface area contributed by atoms with E-state index in [1.165, 1.54) is 4.90 Å². The van der Waals surface area contributed by atoms with Crippen molar-refractivity contribution < 1.29 is 9.59 Å². The number of ketones is 1. The van der Waals surface area contributed by atoms with Gasteiger partial charge in [0.05, 0.1) is 12.0 Å². The number of hydrogen-bond donors (Lipinski definition) is 1. The van der Waals surface area contributed by atoms with Crippen molar-refractivity contribution in [1.29, 1.82) is 0 Å². The van der Waals surface area contributed by atoms with E-state index in [1.54, 1.807) is 7.05 Å². The van der Waals surface area contributed by atoms with E-state index in [1.807, 2.05) is 55.5 Å². The number of nitrogens with zero attached hydrogens (tertiary/aromatic N) is 2. The summed E-state index contributed by atoms with van der Waals surface area (Å²) in [5.74, 6) is 0.849. The molecule has 1 atom stereocenters. The number of benzene rings is 2. The van der Waals surface area contributed by atoms with Crippen molar-refractivity contribution in [3.63, 3.8) is 0 Å². The van der Waals surface area contributed by atoms with Gasteiger partial charge in [-0.15, -0.1) is 0 Å². The third kappa shape index (κ3) is 4.56. The average molecular weight is 392 g/mol. The summed E-state index contributed by atoms with van der Waals surface area (Å²) in [5.41, 5.74) is 8.87. The molecule has 2 N–H and O–H groups in total. The van der Waals surface area contributed by atoms with Crippen LogP contribution in [0.15, 0.2) is 53.5 Å². The van der Waals surface area contributed by atoms with Gasteiger partial charge in [0.25, 0.3) is 0 Å². The van der Waals surface area contributed by atoms with Gasteiger partial charge >= 0.3 is 0 Å². The first-order valence-electron chi connectivity index (χ1n) is 10.1. The summed E-state index contributed by atoms with van der Waals surface area (Å²) in [4.78, 5) is 30.8. The van der Waals surface area contributed by atoms with Crippen LogP contribution in [0.2, 0.25) is 0 Å². The maximum absolute atomic E-state index is 12.5. The molecule has 0 fully saturated rings. The van der Waals surface area contributed by atoms with Crippen molar-refractivity contribution in [3.8, 4) is 11.1 Å². The largest absolute Gasteiger partial charge is 0.369 e. The van der Waals surface area contributed by atoms with E-state index in [-0.39, 0.29) is 24.1 Å². The molecule has 0 bridgehead atoms. The molecule has 0 radical (unpaired) electrons. The predicted molar refractivity (Wildman–Crippen MR) is 117 cm³/mol. The summed E-state index contributed by atoms with van der Waals surface area (Å²) < 4.78 is 0. The third-order valence-corrected chi connectivity index (χ3v) is 5.53. The lowest BCUT2D eigenvalue weighted by molar-refractivity contribution is -0.128. The summed E-state index contributed by atoms with van der Waals surface area (Å²) >= 11 is 0. The molecular formula is C24H29N3O2. The number of Topliss-reactive ketones (excluding diaryl/α,β-unsaturated/α-hetero) is 1. The molecular weight excluding hydrogens is 362 g/mol. The van der Waals surface area contributed by atoms with Crippen molar-refractivity contribution in [3.05, 3.63) is 59.7 Å². The zero-order valence-electron chi connectivity index (χ0n) is 17.6. The van der Waals surface area contributed by atoms with E-state index in [9.17, 15) is 9.59 Å². The second-order valence-corrected chi connectivity index (χ2v) is 8.39. The average Bonchev–Trinajstić information content (AvgIpc) is 2.70. The zero-order chi connectivity index (χ0) is 21.2. The second kappa shape index (κ2) is 8.19. The van der Waals surface area contributed by atoms with Crippen LogP contribution in [0.1, 0.15) is 56.0 Å². The highest BCUT2D eigenvalue weighted by atomic mass is 16.2. The van der Waals surface area contributed by atoms with Crippen molar-refractivity contribution in [2.75, 3.05) is 7.05 Å². The molecule has 1 amide bonds. The fourth-order valence-electron chi connectivity index (χ4n) is 3.54. The molecule has 1 aliphatic rings. The first-order valence-corrected chi connectivity index (χ1v) is 10.1. The Morgan fingerprint density at radius 1 is 1.17 bits per heavy atom. The first kappa shape index (κ1) is 20.8. The maximum atomic E-state index is 12.5. The second-order valence-electron chi connectivity index (χ2n) is 8.39. The number of aliphatic imine (C=N–C) groups is 1. The molecule has 1 aliphatic heterocycles. The van der Waals surface area contributed by atoms with Crippen molar-refractivity contribution in [2.45, 2.75) is 45.6 Å². The minimum absolute atomic E-state index is 0.0526. The summed E-state index contributed by atoms with van der Waals surface area (Å²) in [6, 6.07) is 15.7. The highest BCUT2D eigenvalue weighted by Gasteiger charge is 2.36. The SMILES string of the molecule is CC(C)CCC(=O)c1cccc(-c2cccc([C@]3(C)CC(=O)N(C)C(N)=N3)c2)c1. The predicted octanol–water partition coefficient (Wildman–Crippen LogP) is 4.36. The van der Waals surface area contributed by atoms with Gasteiger partial charge in [-0.25, -0.2) is 4.99 Å². The van der Waals surface area contributed by atoms with E-state index in [2.05, 4.69) is 18.8 Å². The minimum atomic E-state index is -0.700. The van der Waals surface area contributed by atoms with Crippen LogP contribution >= 0.6 is 0 Å². The highest BCUT2D eigenvalue weighted by Crippen LogP contribution is 2.35. The summed E-state index contributed by atoms with van der Waals surface area (Å²) in [5, 5.41) is 0. The van der Waals surface area contributed by atoms with Crippen LogP contribution < -0.4 is 5.73 Å². The summed E-state index contributed by atoms with van der Waals surface area (Å²) in [7, 11) is 1.64. The lowest BCUT2D eigenvalue weighted by Crippen LogP contribution is -2.47. The molecule has 0 saturated carbocycles. The Balaban J connectivity index is 1.92. The van der Waals surface area contributed by atoms with Crippen molar-refractivity contribution in [2.24, 2.45) is 16.6 Å². The fourth-order valence-corrected chi connectivity index (χ4v) is 3.54. The maximum Gasteiger partial charge on any atom is 0.231 e. The summed E-state index contributed by atoms with van der Waals surface area (Å²) in [6.45, 7) is 6.17. The van der Waals surface area contributed by atoms with Gasteiger partial charge in [0.2, 0.25) is 5.91 Å². The van der Waals surface area contributed by atoms with E-state index >= 15 is 0 Å². The van der Waals surface area contributed by atoms with Gasteiger partial charge in [0, 0.05) is 19.0 Å². The Labute approximate surface area is 172 Å². The Bertz CT molecular complexity index is 964. The standard InChI is InChI=1S/C24H29N3O2/c1-16(2)11-12-21(28)19-9-5-7-17(13-19)18-8-6-10-20(14-18)24(3)15-22(29)27(4)23(25)26-24/h5-10,13-14,16H,11-12,15H2,1-4H3,(H2,25,26)/t24-/m0/s1. The molecule has 152 valence electrons. The molecule has 29 heavy (non-hydrogen) atoms. The number of amides is 1. The Morgan fingerprint density at radius 3 is 2.48 bits per heavy atom. The molecule has 5 nitrogen and oxygen atoms in total. The number of rotatable bonds is 6. The van der Waals surface area contributed by atoms with Gasteiger partial charge in [-0.2, -0.15) is 0 Å². The van der Waals surface area contributed by atoms with Crippen LogP contribution in [-0.4, -0.2) is 29.6 Å². The Hall–Kier alpha value is -2.95. The van der Waals surface area contributed by atoms with Gasteiger partial charge in [0.15, 0.2) is 11.7 Å². The molecule has 5 heteroatoms. The van der Waals surface area contributed by atoms with Crippen LogP contribution in [0.3, 0.4) is 0 Å². The smallest absolute Gasteiger partial charge is 0.231 e. The van der Waals surface area contributed by atoms with Crippen LogP contribution in [0.4, 0.5) is 0 Å². The molecule has 0 aliphatic carbocycles. The van der Waals surface area contributed by atoms with Crippen LogP contribution in [0.25, 0.3) is 11.1 Å². The highest BCUT2D eigenvalue weighted by molar-refractivity contribution is 5.99. The number of carbonyl (C=O) groups is 2. The summed E-state index contributed by atoms with van der Waals surface area (Å²) in [6.07, 6.45) is 1.71. The Kier molecular flexibility index (Phi) is 5.87. The van der Waals surface area contributed by atoms with Gasteiger partial charge in [-0.05, 0) is 48.1 Å². The topological polar surface area (TPSA) is 75.8 Å². The Morgan fingerprint density at radius 2 is 1.83 bits per heavy atom. The molecule has 0 spiro atoms. The molecule has 3 rings (SSSR count). The molecule has 2 aromatic rings. The van der Waals surface area contributed by atoms with Gasteiger partial charge in [-0.3, -0.25) is 14.5 Å². The molecule has 2 aromatic carbocycles. The molecule has 0 aromatic heterocycles. The van der Waals surface area contributed by atoms with Crippen LogP contribution in [0, 0.1) is 5.92 Å². The van der Waals surface area contributed by atoms with E-state index in [0.717, 1.165) is 28.7 Å².